The van der Waals surface area contributed by atoms with Crippen molar-refractivity contribution in [2.24, 2.45) is 17.8 Å². The van der Waals surface area contributed by atoms with E-state index in [1.165, 1.54) is 19.3 Å². The molecule has 1 heterocycles. The highest BCUT2D eigenvalue weighted by Gasteiger charge is 2.44. The standard InChI is InChI=1S/C14H23NO2/c16-13-7-6-11-8-15(9-12(11)13)14(17)10-4-2-1-3-5-10/h10-13,16H,1-9H2/t11-,12+,13-/m0/s1. The lowest BCUT2D eigenvalue weighted by Crippen LogP contribution is -2.36. The minimum absolute atomic E-state index is 0.149. The molecule has 0 aromatic carbocycles. The summed E-state index contributed by atoms with van der Waals surface area (Å²) in [6.45, 7) is 1.73. The molecule has 3 aliphatic rings. The molecule has 0 radical (unpaired) electrons. The Labute approximate surface area is 103 Å². The maximum atomic E-state index is 12.4. The average molecular weight is 237 g/mol. The lowest BCUT2D eigenvalue weighted by atomic mass is 9.88. The lowest BCUT2D eigenvalue weighted by Gasteiger charge is -2.27. The van der Waals surface area contributed by atoms with E-state index in [1.807, 2.05) is 4.90 Å². The molecule has 1 aliphatic heterocycles. The summed E-state index contributed by atoms with van der Waals surface area (Å²) >= 11 is 0. The van der Waals surface area contributed by atoms with E-state index in [0.717, 1.165) is 38.8 Å². The van der Waals surface area contributed by atoms with Crippen molar-refractivity contribution in [3.8, 4) is 0 Å². The molecule has 3 fully saturated rings. The molecule has 0 aromatic heterocycles. The van der Waals surface area contributed by atoms with E-state index >= 15 is 0 Å². The molecule has 96 valence electrons. The summed E-state index contributed by atoms with van der Waals surface area (Å²) in [6.07, 6.45) is 7.83. The first-order valence-corrected chi connectivity index (χ1v) is 7.22. The van der Waals surface area contributed by atoms with E-state index < -0.39 is 0 Å². The lowest BCUT2D eigenvalue weighted by molar-refractivity contribution is -0.135. The van der Waals surface area contributed by atoms with Crippen LogP contribution in [0, 0.1) is 17.8 Å². The van der Waals surface area contributed by atoms with Crippen molar-refractivity contribution < 1.29 is 9.90 Å². The first-order valence-electron chi connectivity index (χ1n) is 7.22. The number of aliphatic hydroxyl groups is 1. The molecule has 0 bridgehead atoms. The summed E-state index contributed by atoms with van der Waals surface area (Å²) in [6, 6.07) is 0. The van der Waals surface area contributed by atoms with E-state index in [-0.39, 0.29) is 6.10 Å². The van der Waals surface area contributed by atoms with Crippen LogP contribution in [0.25, 0.3) is 0 Å². The summed E-state index contributed by atoms with van der Waals surface area (Å²) in [7, 11) is 0. The van der Waals surface area contributed by atoms with Crippen LogP contribution in [-0.4, -0.2) is 35.1 Å². The number of carbonyl (C=O) groups excluding carboxylic acids is 1. The maximum absolute atomic E-state index is 12.4. The summed E-state index contributed by atoms with van der Waals surface area (Å²) in [5, 5.41) is 9.87. The van der Waals surface area contributed by atoms with Gasteiger partial charge in [-0.2, -0.15) is 0 Å². The highest BCUT2D eigenvalue weighted by atomic mass is 16.3. The summed E-state index contributed by atoms with van der Waals surface area (Å²) in [5.41, 5.74) is 0. The highest BCUT2D eigenvalue weighted by Crippen LogP contribution is 2.39. The monoisotopic (exact) mass is 237 g/mol. The molecule has 0 unspecified atom stereocenters. The Morgan fingerprint density at radius 3 is 2.47 bits per heavy atom. The molecule has 3 rings (SSSR count). The Bertz CT molecular complexity index is 299. The van der Waals surface area contributed by atoms with Crippen LogP contribution < -0.4 is 0 Å². The largest absolute Gasteiger partial charge is 0.393 e. The van der Waals surface area contributed by atoms with Crippen LogP contribution in [0.1, 0.15) is 44.9 Å². The zero-order valence-electron chi connectivity index (χ0n) is 10.5. The number of likely N-dealkylation sites (tertiary alicyclic amines) is 1. The van der Waals surface area contributed by atoms with Gasteiger partial charge in [-0.05, 0) is 31.6 Å². The molecule has 2 saturated carbocycles. The molecule has 2 aliphatic carbocycles. The van der Waals surface area contributed by atoms with E-state index in [0.29, 0.717) is 23.7 Å². The number of rotatable bonds is 1. The zero-order chi connectivity index (χ0) is 11.8. The van der Waals surface area contributed by atoms with Gasteiger partial charge in [0.1, 0.15) is 0 Å². The second kappa shape index (κ2) is 4.60. The minimum atomic E-state index is -0.149. The first-order chi connectivity index (χ1) is 8.25. The minimum Gasteiger partial charge on any atom is -0.393 e. The molecular weight excluding hydrogens is 214 g/mol. The van der Waals surface area contributed by atoms with Crippen molar-refractivity contribution >= 4 is 5.91 Å². The Kier molecular flexibility index (Phi) is 3.12. The summed E-state index contributed by atoms with van der Waals surface area (Å²) < 4.78 is 0. The molecule has 1 N–H and O–H groups in total. The van der Waals surface area contributed by atoms with E-state index in [2.05, 4.69) is 0 Å². The van der Waals surface area contributed by atoms with E-state index in [1.54, 1.807) is 0 Å². The van der Waals surface area contributed by atoms with Crippen LogP contribution in [0.4, 0.5) is 0 Å². The fraction of sp³-hybridized carbons (Fsp3) is 0.929. The van der Waals surface area contributed by atoms with Gasteiger partial charge in [0.2, 0.25) is 5.91 Å². The van der Waals surface area contributed by atoms with Crippen LogP contribution in [0.2, 0.25) is 0 Å². The van der Waals surface area contributed by atoms with Gasteiger partial charge in [-0.15, -0.1) is 0 Å². The fourth-order valence-electron chi connectivity index (χ4n) is 4.02. The van der Waals surface area contributed by atoms with E-state index in [9.17, 15) is 9.90 Å². The smallest absolute Gasteiger partial charge is 0.225 e. The van der Waals surface area contributed by atoms with Crippen LogP contribution in [0.3, 0.4) is 0 Å². The molecule has 0 spiro atoms. The maximum Gasteiger partial charge on any atom is 0.225 e. The summed E-state index contributed by atoms with van der Waals surface area (Å²) in [5.74, 6) is 1.63. The number of carbonyl (C=O) groups is 1. The quantitative estimate of drug-likeness (QED) is 0.755. The Hall–Kier alpha value is -0.570. The third kappa shape index (κ3) is 2.10. The molecular formula is C14H23NO2. The van der Waals surface area contributed by atoms with Gasteiger partial charge in [-0.3, -0.25) is 4.79 Å². The van der Waals surface area contributed by atoms with Crippen molar-refractivity contribution in [2.45, 2.75) is 51.0 Å². The zero-order valence-corrected chi connectivity index (χ0v) is 10.5. The first kappa shape index (κ1) is 11.5. The van der Waals surface area contributed by atoms with Crippen LogP contribution in [-0.2, 0) is 4.79 Å². The number of aliphatic hydroxyl groups excluding tert-OH is 1. The molecule has 3 atom stereocenters. The average Bonchev–Trinajstić information content (AvgIpc) is 2.92. The number of hydrogen-bond acceptors (Lipinski definition) is 2. The predicted octanol–water partition coefficient (Wildman–Crippen LogP) is 1.80. The SMILES string of the molecule is O=C(C1CCCCC1)N1C[C@@H]2CC[C@H](O)[C@@H]2C1. The number of fused-ring (bicyclic) bond motifs is 1. The number of nitrogens with zero attached hydrogens (tertiary/aromatic N) is 1. The van der Waals surface area contributed by atoms with Crippen molar-refractivity contribution in [2.75, 3.05) is 13.1 Å². The molecule has 3 heteroatoms. The predicted molar refractivity (Wildman–Crippen MR) is 65.4 cm³/mol. The Morgan fingerprint density at radius 1 is 1.00 bits per heavy atom. The van der Waals surface area contributed by atoms with Crippen molar-refractivity contribution in [3.05, 3.63) is 0 Å². The Balaban J connectivity index is 1.60. The van der Waals surface area contributed by atoms with Crippen molar-refractivity contribution in [1.82, 2.24) is 4.90 Å². The number of amides is 1. The molecule has 17 heavy (non-hydrogen) atoms. The normalized spacial score (nSPS) is 38.4. The van der Waals surface area contributed by atoms with Gasteiger partial charge in [-0.25, -0.2) is 0 Å². The van der Waals surface area contributed by atoms with Gasteiger partial charge < -0.3 is 10.0 Å². The second-order valence-electron chi connectivity index (χ2n) is 6.15. The van der Waals surface area contributed by atoms with Gasteiger partial charge >= 0.3 is 0 Å². The fourth-order valence-corrected chi connectivity index (χ4v) is 4.02. The second-order valence-corrected chi connectivity index (χ2v) is 6.15. The molecule has 1 saturated heterocycles. The molecule has 3 nitrogen and oxygen atoms in total. The van der Waals surface area contributed by atoms with Gasteiger partial charge in [-0.1, -0.05) is 19.3 Å². The summed E-state index contributed by atoms with van der Waals surface area (Å²) in [4.78, 5) is 14.4. The molecule has 1 amide bonds. The van der Waals surface area contributed by atoms with Crippen molar-refractivity contribution in [1.29, 1.82) is 0 Å². The van der Waals surface area contributed by atoms with Gasteiger partial charge in [0.25, 0.3) is 0 Å². The third-order valence-electron chi connectivity index (χ3n) is 5.09. The Morgan fingerprint density at radius 2 is 1.76 bits per heavy atom. The van der Waals surface area contributed by atoms with Crippen LogP contribution in [0.5, 0.6) is 0 Å². The van der Waals surface area contributed by atoms with E-state index in [4.69, 9.17) is 0 Å². The van der Waals surface area contributed by atoms with Crippen molar-refractivity contribution in [3.63, 3.8) is 0 Å². The van der Waals surface area contributed by atoms with Gasteiger partial charge in [0.05, 0.1) is 6.10 Å². The highest BCUT2D eigenvalue weighted by molar-refractivity contribution is 5.79. The van der Waals surface area contributed by atoms with Crippen LogP contribution in [0.15, 0.2) is 0 Å². The third-order valence-corrected chi connectivity index (χ3v) is 5.09. The topological polar surface area (TPSA) is 40.5 Å². The number of hydrogen-bond donors (Lipinski definition) is 1. The van der Waals surface area contributed by atoms with Crippen LogP contribution >= 0.6 is 0 Å². The molecule has 0 aromatic rings. The van der Waals surface area contributed by atoms with Gasteiger partial charge in [0.15, 0.2) is 0 Å². The van der Waals surface area contributed by atoms with Gasteiger partial charge in [0, 0.05) is 24.9 Å².